The molecule has 1 aromatic heterocycles. The number of nitrogens with zero attached hydrogens (tertiary/aromatic N) is 2. The molecular formula is C17H15BrN2O2S. The van der Waals surface area contributed by atoms with Crippen LogP contribution < -0.4 is 0 Å². The second kappa shape index (κ2) is 6.29. The summed E-state index contributed by atoms with van der Waals surface area (Å²) < 4.78 is 1.01. The van der Waals surface area contributed by atoms with Gasteiger partial charge in [-0.3, -0.25) is 14.5 Å². The summed E-state index contributed by atoms with van der Waals surface area (Å²) in [5.74, 6) is -0.275. The molecule has 3 rings (SSSR count). The number of hydrogen-bond donors (Lipinski definition) is 0. The van der Waals surface area contributed by atoms with Gasteiger partial charge in [-0.2, -0.15) is 0 Å². The van der Waals surface area contributed by atoms with Crippen molar-refractivity contribution in [3.63, 3.8) is 0 Å². The van der Waals surface area contributed by atoms with Gasteiger partial charge in [0, 0.05) is 38.6 Å². The highest BCUT2D eigenvalue weighted by Gasteiger charge is 2.32. The molecule has 0 spiro atoms. The first kappa shape index (κ1) is 16.0. The molecule has 0 fully saturated rings. The zero-order chi connectivity index (χ0) is 16.6. The number of rotatable bonds is 4. The normalized spacial score (nSPS) is 13.4. The van der Waals surface area contributed by atoms with Gasteiger partial charge in [-0.1, -0.05) is 24.8 Å². The number of carbonyl (C=O) groups is 2. The molecule has 0 saturated heterocycles. The van der Waals surface area contributed by atoms with Crippen LogP contribution in [0.5, 0.6) is 0 Å². The third-order valence-corrected chi connectivity index (χ3v) is 5.46. The topological polar surface area (TPSA) is 40.6 Å². The lowest BCUT2D eigenvalue weighted by Gasteiger charge is -2.22. The van der Waals surface area contributed by atoms with E-state index in [-0.39, 0.29) is 18.4 Å². The summed E-state index contributed by atoms with van der Waals surface area (Å²) in [5, 5.41) is 1.98. The van der Waals surface area contributed by atoms with Crippen LogP contribution in [0.15, 0.2) is 46.8 Å². The summed E-state index contributed by atoms with van der Waals surface area (Å²) in [6.45, 7) is 4.49. The van der Waals surface area contributed by atoms with Crippen molar-refractivity contribution in [1.82, 2.24) is 9.80 Å². The van der Waals surface area contributed by atoms with E-state index in [1.54, 1.807) is 29.4 Å². The molecule has 2 aromatic rings. The molecule has 23 heavy (non-hydrogen) atoms. The lowest BCUT2D eigenvalue weighted by Crippen LogP contribution is -2.37. The number of carbonyl (C=O) groups excluding carboxylic acids is 2. The van der Waals surface area contributed by atoms with E-state index >= 15 is 0 Å². The van der Waals surface area contributed by atoms with Gasteiger partial charge in [0.05, 0.1) is 6.54 Å². The fourth-order valence-corrected chi connectivity index (χ4v) is 4.02. The van der Waals surface area contributed by atoms with Crippen molar-refractivity contribution in [2.45, 2.75) is 6.54 Å². The molecule has 0 aliphatic carbocycles. The maximum absolute atomic E-state index is 12.4. The van der Waals surface area contributed by atoms with Gasteiger partial charge in [-0.15, -0.1) is 11.3 Å². The number of amides is 2. The smallest absolute Gasteiger partial charge is 0.259 e. The van der Waals surface area contributed by atoms with Gasteiger partial charge in [0.1, 0.15) is 6.54 Å². The standard InChI is InChI=1S/C17H15BrN2O2S/c1-11-14-5-3-4-6-15(14)17(22)20(11)9-16(21)19(2)8-13-7-12(18)10-23-13/h3-7,10H,1,8-9H2,2H3. The SMILES string of the molecule is C=C1c2ccccc2C(=O)N1CC(=O)N(C)Cc1cc(Br)cs1. The van der Waals surface area contributed by atoms with Gasteiger partial charge >= 0.3 is 0 Å². The molecule has 0 saturated carbocycles. The van der Waals surface area contributed by atoms with Gasteiger partial charge in [-0.05, 0) is 28.1 Å². The Labute approximate surface area is 147 Å². The Bertz CT molecular complexity index is 764. The van der Waals surface area contributed by atoms with Gasteiger partial charge in [0.2, 0.25) is 5.91 Å². The molecule has 0 radical (unpaired) electrons. The molecule has 1 aromatic carbocycles. The number of benzene rings is 1. The van der Waals surface area contributed by atoms with E-state index in [1.807, 2.05) is 29.6 Å². The van der Waals surface area contributed by atoms with E-state index in [0.717, 1.165) is 14.9 Å². The van der Waals surface area contributed by atoms with Crippen molar-refractivity contribution in [2.24, 2.45) is 0 Å². The monoisotopic (exact) mass is 390 g/mol. The molecule has 4 nitrogen and oxygen atoms in total. The highest BCUT2D eigenvalue weighted by atomic mass is 79.9. The van der Waals surface area contributed by atoms with Crippen molar-refractivity contribution < 1.29 is 9.59 Å². The van der Waals surface area contributed by atoms with Crippen molar-refractivity contribution in [3.05, 3.63) is 62.8 Å². The molecule has 1 aliphatic heterocycles. The Kier molecular flexibility index (Phi) is 4.37. The molecule has 0 bridgehead atoms. The van der Waals surface area contributed by atoms with Crippen molar-refractivity contribution in [2.75, 3.05) is 13.6 Å². The van der Waals surface area contributed by atoms with E-state index in [2.05, 4.69) is 22.5 Å². The van der Waals surface area contributed by atoms with Crippen LogP contribution in [0, 0.1) is 0 Å². The first-order valence-electron chi connectivity index (χ1n) is 7.04. The molecule has 1 aliphatic rings. The summed E-state index contributed by atoms with van der Waals surface area (Å²) in [4.78, 5) is 29.0. The van der Waals surface area contributed by atoms with Crippen LogP contribution in [0.4, 0.5) is 0 Å². The molecule has 6 heteroatoms. The predicted molar refractivity (Wildman–Crippen MR) is 95.0 cm³/mol. The average molecular weight is 391 g/mol. The van der Waals surface area contributed by atoms with Gasteiger partial charge in [-0.25, -0.2) is 0 Å². The average Bonchev–Trinajstić information content (AvgIpc) is 3.04. The van der Waals surface area contributed by atoms with Gasteiger partial charge in [0.25, 0.3) is 5.91 Å². The van der Waals surface area contributed by atoms with Crippen LogP contribution in [0.1, 0.15) is 20.8 Å². The minimum atomic E-state index is -0.161. The van der Waals surface area contributed by atoms with Gasteiger partial charge < -0.3 is 4.90 Å². The van der Waals surface area contributed by atoms with E-state index in [9.17, 15) is 9.59 Å². The fourth-order valence-electron chi connectivity index (χ4n) is 2.52. The quantitative estimate of drug-likeness (QED) is 0.799. The Hall–Kier alpha value is -1.92. The molecule has 2 heterocycles. The second-order valence-electron chi connectivity index (χ2n) is 5.36. The Morgan fingerprint density at radius 1 is 1.35 bits per heavy atom. The minimum absolute atomic E-state index is 0.00932. The lowest BCUT2D eigenvalue weighted by atomic mass is 10.1. The molecule has 0 N–H and O–H groups in total. The highest BCUT2D eigenvalue weighted by Crippen LogP contribution is 2.31. The van der Waals surface area contributed by atoms with Crippen molar-refractivity contribution >= 4 is 44.8 Å². The lowest BCUT2D eigenvalue weighted by molar-refractivity contribution is -0.130. The van der Waals surface area contributed by atoms with Crippen LogP contribution in [0.25, 0.3) is 5.70 Å². The second-order valence-corrected chi connectivity index (χ2v) is 7.28. The summed E-state index contributed by atoms with van der Waals surface area (Å²) in [6, 6.07) is 9.29. The molecular weight excluding hydrogens is 376 g/mol. The van der Waals surface area contributed by atoms with E-state index in [4.69, 9.17) is 0 Å². The van der Waals surface area contributed by atoms with E-state index in [0.29, 0.717) is 17.8 Å². The fraction of sp³-hybridized carbons (Fsp3) is 0.176. The molecule has 0 unspecified atom stereocenters. The Morgan fingerprint density at radius 2 is 2.04 bits per heavy atom. The number of hydrogen-bond acceptors (Lipinski definition) is 3. The maximum Gasteiger partial charge on any atom is 0.259 e. The summed E-state index contributed by atoms with van der Waals surface area (Å²) in [7, 11) is 1.74. The summed E-state index contributed by atoms with van der Waals surface area (Å²) in [5.41, 5.74) is 2.00. The Balaban J connectivity index is 1.69. The minimum Gasteiger partial charge on any atom is -0.339 e. The highest BCUT2D eigenvalue weighted by molar-refractivity contribution is 9.10. The largest absolute Gasteiger partial charge is 0.339 e. The van der Waals surface area contributed by atoms with Crippen LogP contribution in [0.2, 0.25) is 0 Å². The number of thiophene rings is 1. The van der Waals surface area contributed by atoms with Gasteiger partial charge in [0.15, 0.2) is 0 Å². The van der Waals surface area contributed by atoms with E-state index < -0.39 is 0 Å². The first-order chi connectivity index (χ1) is 11.0. The third kappa shape index (κ3) is 3.09. The molecule has 2 amide bonds. The maximum atomic E-state index is 12.4. The van der Waals surface area contributed by atoms with Crippen LogP contribution in [-0.4, -0.2) is 35.2 Å². The summed E-state index contributed by atoms with van der Waals surface area (Å²) >= 11 is 4.99. The number of fused-ring (bicyclic) bond motifs is 1. The first-order valence-corrected chi connectivity index (χ1v) is 8.71. The molecule has 118 valence electrons. The zero-order valence-corrected chi connectivity index (χ0v) is 15.0. The third-order valence-electron chi connectivity index (χ3n) is 3.77. The van der Waals surface area contributed by atoms with Crippen molar-refractivity contribution in [1.29, 1.82) is 0 Å². The van der Waals surface area contributed by atoms with Crippen LogP contribution in [-0.2, 0) is 11.3 Å². The number of halogens is 1. The van der Waals surface area contributed by atoms with E-state index in [1.165, 1.54) is 4.90 Å². The summed E-state index contributed by atoms with van der Waals surface area (Å²) in [6.07, 6.45) is 0. The van der Waals surface area contributed by atoms with Crippen LogP contribution in [0.3, 0.4) is 0 Å². The Morgan fingerprint density at radius 3 is 2.65 bits per heavy atom. The van der Waals surface area contributed by atoms with Crippen LogP contribution >= 0.6 is 27.3 Å². The predicted octanol–water partition coefficient (Wildman–Crippen LogP) is 3.60. The number of likely N-dealkylation sites (N-methyl/N-ethyl adjacent to an activating group) is 1. The zero-order valence-electron chi connectivity index (χ0n) is 12.6. The molecule has 0 atom stereocenters. The van der Waals surface area contributed by atoms with Crippen molar-refractivity contribution in [3.8, 4) is 0 Å².